The van der Waals surface area contributed by atoms with Gasteiger partial charge < -0.3 is 25.2 Å². The highest BCUT2D eigenvalue weighted by atomic mass is 16.5. The zero-order chi connectivity index (χ0) is 22.3. The molecule has 1 aliphatic heterocycles. The SMILES string of the molecule is C=CC(C)(C)c1cc([C@@H]2COc3c(ccc(O)c3CCC(C)(C)O)C2)c(O)cc1O. The average molecular weight is 413 g/mol. The van der Waals surface area contributed by atoms with Gasteiger partial charge in [0.25, 0.3) is 0 Å². The molecule has 0 saturated heterocycles. The van der Waals surface area contributed by atoms with Crippen molar-refractivity contribution >= 4 is 0 Å². The topological polar surface area (TPSA) is 90.2 Å². The first-order chi connectivity index (χ1) is 13.9. The largest absolute Gasteiger partial charge is 0.508 e. The Balaban J connectivity index is 1.94. The van der Waals surface area contributed by atoms with Crippen LogP contribution in [0.3, 0.4) is 0 Å². The highest BCUT2D eigenvalue weighted by Crippen LogP contribution is 2.44. The van der Waals surface area contributed by atoms with Crippen molar-refractivity contribution in [1.82, 2.24) is 0 Å². The molecule has 30 heavy (non-hydrogen) atoms. The zero-order valence-electron chi connectivity index (χ0n) is 18.2. The summed E-state index contributed by atoms with van der Waals surface area (Å²) in [5.41, 5.74) is 1.79. The Morgan fingerprint density at radius 3 is 2.40 bits per heavy atom. The number of aliphatic hydroxyl groups is 1. The van der Waals surface area contributed by atoms with Gasteiger partial charge in [0, 0.05) is 34.1 Å². The summed E-state index contributed by atoms with van der Waals surface area (Å²) in [6.07, 6.45) is 3.42. The number of phenolic OH excluding ortho intramolecular Hbond substituents is 3. The third-order valence-corrected chi connectivity index (χ3v) is 5.99. The van der Waals surface area contributed by atoms with Crippen LogP contribution in [0, 0.1) is 0 Å². The van der Waals surface area contributed by atoms with Gasteiger partial charge in [-0.25, -0.2) is 0 Å². The van der Waals surface area contributed by atoms with Gasteiger partial charge in [-0.05, 0) is 50.8 Å². The fraction of sp³-hybridized carbons (Fsp3) is 0.440. The Hall–Kier alpha value is -2.66. The molecule has 0 aliphatic carbocycles. The van der Waals surface area contributed by atoms with Gasteiger partial charge in [0.15, 0.2) is 0 Å². The average Bonchev–Trinajstić information content (AvgIpc) is 2.66. The minimum absolute atomic E-state index is 0.0363. The summed E-state index contributed by atoms with van der Waals surface area (Å²) in [6, 6.07) is 6.72. The summed E-state index contributed by atoms with van der Waals surface area (Å²) in [5.74, 6) is 0.815. The second kappa shape index (κ2) is 7.88. The number of aromatic hydroxyl groups is 3. The number of phenols is 3. The van der Waals surface area contributed by atoms with Crippen LogP contribution in [0.4, 0.5) is 0 Å². The molecule has 0 bridgehead atoms. The molecule has 0 fully saturated rings. The van der Waals surface area contributed by atoms with Gasteiger partial charge in [-0.3, -0.25) is 0 Å². The predicted octanol–water partition coefficient (Wildman–Crippen LogP) is 4.69. The summed E-state index contributed by atoms with van der Waals surface area (Å²) >= 11 is 0. The molecule has 0 radical (unpaired) electrons. The molecule has 0 unspecified atom stereocenters. The van der Waals surface area contributed by atoms with Crippen LogP contribution in [0.25, 0.3) is 0 Å². The van der Waals surface area contributed by atoms with Crippen molar-refractivity contribution < 1.29 is 25.2 Å². The normalized spacial score (nSPS) is 16.6. The van der Waals surface area contributed by atoms with Crippen molar-refractivity contribution in [3.05, 3.63) is 59.2 Å². The Kier molecular flexibility index (Phi) is 5.79. The van der Waals surface area contributed by atoms with Gasteiger partial charge in [-0.15, -0.1) is 6.58 Å². The molecule has 0 saturated carbocycles. The smallest absolute Gasteiger partial charge is 0.129 e. The Bertz CT molecular complexity index is 953. The van der Waals surface area contributed by atoms with Crippen LogP contribution in [-0.4, -0.2) is 32.6 Å². The van der Waals surface area contributed by atoms with E-state index in [9.17, 15) is 20.4 Å². The first-order valence-electron chi connectivity index (χ1n) is 10.3. The molecule has 4 N–H and O–H groups in total. The molecular weight excluding hydrogens is 380 g/mol. The van der Waals surface area contributed by atoms with Crippen LogP contribution in [0.1, 0.15) is 62.3 Å². The van der Waals surface area contributed by atoms with E-state index in [2.05, 4.69) is 6.58 Å². The predicted molar refractivity (Wildman–Crippen MR) is 118 cm³/mol. The third kappa shape index (κ3) is 4.41. The highest BCUT2D eigenvalue weighted by molar-refractivity contribution is 5.54. The van der Waals surface area contributed by atoms with E-state index in [0.29, 0.717) is 42.7 Å². The van der Waals surface area contributed by atoms with Crippen molar-refractivity contribution in [3.63, 3.8) is 0 Å². The summed E-state index contributed by atoms with van der Waals surface area (Å²) in [6.45, 7) is 11.6. The standard InChI is InChI=1S/C25H32O5/c1-6-24(2,3)19-12-18(21(27)13-22(19)28)16-11-15-7-8-20(26)17(23(15)30-14-16)9-10-25(4,5)29/h6-8,12-13,16,26-29H,1,9-11,14H2,2-5H3/t16-/m0/s1. The molecule has 1 atom stereocenters. The molecule has 0 amide bonds. The van der Waals surface area contributed by atoms with Crippen molar-refractivity contribution in [2.75, 3.05) is 6.61 Å². The van der Waals surface area contributed by atoms with Crippen LogP contribution in [0.15, 0.2) is 36.9 Å². The molecule has 1 aliphatic rings. The molecule has 1 heterocycles. The number of allylic oxidation sites excluding steroid dienone is 1. The van der Waals surface area contributed by atoms with E-state index in [-0.39, 0.29) is 23.2 Å². The minimum Gasteiger partial charge on any atom is -0.508 e. The van der Waals surface area contributed by atoms with Gasteiger partial charge in [-0.1, -0.05) is 26.0 Å². The van der Waals surface area contributed by atoms with E-state index in [1.54, 1.807) is 26.0 Å². The van der Waals surface area contributed by atoms with E-state index < -0.39 is 11.0 Å². The van der Waals surface area contributed by atoms with Crippen molar-refractivity contribution in [1.29, 1.82) is 0 Å². The summed E-state index contributed by atoms with van der Waals surface area (Å²) in [7, 11) is 0. The van der Waals surface area contributed by atoms with E-state index in [1.165, 1.54) is 6.07 Å². The van der Waals surface area contributed by atoms with Gasteiger partial charge >= 0.3 is 0 Å². The second-order valence-electron chi connectivity index (χ2n) is 9.43. The van der Waals surface area contributed by atoms with Crippen molar-refractivity contribution in [3.8, 4) is 23.0 Å². The zero-order valence-corrected chi connectivity index (χ0v) is 18.2. The first kappa shape index (κ1) is 22.0. The second-order valence-corrected chi connectivity index (χ2v) is 9.43. The van der Waals surface area contributed by atoms with Crippen LogP contribution in [-0.2, 0) is 18.3 Å². The van der Waals surface area contributed by atoms with Gasteiger partial charge in [-0.2, -0.15) is 0 Å². The maximum Gasteiger partial charge on any atom is 0.129 e. The maximum atomic E-state index is 10.5. The van der Waals surface area contributed by atoms with E-state index >= 15 is 0 Å². The summed E-state index contributed by atoms with van der Waals surface area (Å²) in [4.78, 5) is 0. The summed E-state index contributed by atoms with van der Waals surface area (Å²) < 4.78 is 6.07. The molecule has 162 valence electrons. The van der Waals surface area contributed by atoms with Crippen LogP contribution in [0.5, 0.6) is 23.0 Å². The van der Waals surface area contributed by atoms with E-state index in [1.807, 2.05) is 26.0 Å². The molecular formula is C25H32O5. The number of hydrogen-bond acceptors (Lipinski definition) is 5. The number of hydrogen-bond donors (Lipinski definition) is 4. The number of ether oxygens (including phenoxy) is 1. The fourth-order valence-corrected chi connectivity index (χ4v) is 3.93. The molecule has 2 aromatic carbocycles. The molecule has 5 nitrogen and oxygen atoms in total. The maximum absolute atomic E-state index is 10.5. The Labute approximate surface area is 178 Å². The lowest BCUT2D eigenvalue weighted by molar-refractivity contribution is 0.0709. The van der Waals surface area contributed by atoms with Crippen LogP contribution < -0.4 is 4.74 Å². The molecule has 3 rings (SSSR count). The van der Waals surface area contributed by atoms with Gasteiger partial charge in [0.2, 0.25) is 0 Å². The number of benzene rings is 2. The Morgan fingerprint density at radius 2 is 1.77 bits per heavy atom. The quantitative estimate of drug-likeness (QED) is 0.517. The fourth-order valence-electron chi connectivity index (χ4n) is 3.93. The minimum atomic E-state index is -0.835. The number of fused-ring (bicyclic) bond motifs is 1. The van der Waals surface area contributed by atoms with Gasteiger partial charge in [0.1, 0.15) is 23.0 Å². The molecule has 2 aromatic rings. The van der Waals surface area contributed by atoms with Crippen molar-refractivity contribution in [2.24, 2.45) is 0 Å². The van der Waals surface area contributed by atoms with Crippen LogP contribution in [0.2, 0.25) is 0 Å². The number of rotatable bonds is 6. The summed E-state index contributed by atoms with van der Waals surface area (Å²) in [5, 5.41) is 41.2. The Morgan fingerprint density at radius 1 is 1.07 bits per heavy atom. The van der Waals surface area contributed by atoms with E-state index in [4.69, 9.17) is 4.74 Å². The molecule has 0 aromatic heterocycles. The molecule has 5 heteroatoms. The monoisotopic (exact) mass is 412 g/mol. The lowest BCUT2D eigenvalue weighted by Crippen LogP contribution is -2.23. The van der Waals surface area contributed by atoms with E-state index in [0.717, 1.165) is 11.1 Å². The van der Waals surface area contributed by atoms with Gasteiger partial charge in [0.05, 0.1) is 12.2 Å². The van der Waals surface area contributed by atoms with Crippen LogP contribution >= 0.6 is 0 Å². The highest BCUT2D eigenvalue weighted by Gasteiger charge is 2.30. The first-order valence-corrected chi connectivity index (χ1v) is 10.3. The molecule has 0 spiro atoms. The lowest BCUT2D eigenvalue weighted by atomic mass is 9.80. The third-order valence-electron chi connectivity index (χ3n) is 5.99. The lowest BCUT2D eigenvalue weighted by Gasteiger charge is -2.30. The van der Waals surface area contributed by atoms with Crippen molar-refractivity contribution in [2.45, 2.75) is 63.9 Å².